The molecule has 0 saturated heterocycles. The topological polar surface area (TPSA) is 62.5 Å². The summed E-state index contributed by atoms with van der Waals surface area (Å²) < 4.78 is 2.20. The number of aromatic hydroxyl groups is 1. The van der Waals surface area contributed by atoms with Crippen LogP contribution in [0.1, 0.15) is 11.1 Å². The number of carboxylic acids is 1. The summed E-state index contributed by atoms with van der Waals surface area (Å²) in [6.45, 7) is 0.654. The van der Waals surface area contributed by atoms with Crippen molar-refractivity contribution >= 4 is 27.8 Å². The quantitative estimate of drug-likeness (QED) is 0.590. The van der Waals surface area contributed by atoms with Crippen LogP contribution in [0.3, 0.4) is 0 Å². The summed E-state index contributed by atoms with van der Waals surface area (Å²) in [7, 11) is 0. The minimum Gasteiger partial charge on any atom is -0.508 e. The Hall–Kier alpha value is -3.27. The third kappa shape index (κ3) is 2.83. The maximum absolute atomic E-state index is 11.1. The van der Waals surface area contributed by atoms with Crippen LogP contribution < -0.4 is 0 Å². The molecule has 0 unspecified atom stereocenters. The Kier molecular flexibility index (Phi) is 3.65. The van der Waals surface area contributed by atoms with E-state index in [2.05, 4.69) is 16.7 Å². The molecule has 3 aromatic carbocycles. The van der Waals surface area contributed by atoms with Crippen molar-refractivity contribution in [3.8, 4) is 5.75 Å². The predicted octanol–water partition coefficient (Wildman–Crippen LogP) is 4.18. The van der Waals surface area contributed by atoms with Crippen molar-refractivity contribution in [2.45, 2.75) is 13.0 Å². The summed E-state index contributed by atoms with van der Waals surface area (Å²) in [6, 6.07) is 21.2. The minimum atomic E-state index is -0.833. The molecular formula is C21H17NO3. The molecular weight excluding hydrogens is 314 g/mol. The summed E-state index contributed by atoms with van der Waals surface area (Å²) in [5.74, 6) is -0.588. The molecule has 1 aromatic heterocycles. The first-order chi connectivity index (χ1) is 12.1. The monoisotopic (exact) mass is 331 g/mol. The zero-order valence-electron chi connectivity index (χ0n) is 13.5. The smallest absolute Gasteiger partial charge is 0.307 e. The highest BCUT2D eigenvalue weighted by atomic mass is 16.4. The third-order valence-electron chi connectivity index (χ3n) is 4.47. The third-order valence-corrected chi connectivity index (χ3v) is 4.47. The molecule has 0 saturated carbocycles. The van der Waals surface area contributed by atoms with Gasteiger partial charge in [0.1, 0.15) is 5.75 Å². The number of aliphatic carboxylic acids is 1. The van der Waals surface area contributed by atoms with Crippen LogP contribution in [-0.4, -0.2) is 20.7 Å². The van der Waals surface area contributed by atoms with E-state index in [0.717, 1.165) is 32.9 Å². The van der Waals surface area contributed by atoms with E-state index in [1.54, 1.807) is 12.1 Å². The molecule has 0 spiro atoms. The Balaban J connectivity index is 1.91. The number of hydrogen-bond donors (Lipinski definition) is 2. The fourth-order valence-corrected chi connectivity index (χ4v) is 3.33. The first-order valence-electron chi connectivity index (χ1n) is 8.11. The van der Waals surface area contributed by atoms with Gasteiger partial charge in [-0.1, -0.05) is 42.5 Å². The van der Waals surface area contributed by atoms with Crippen molar-refractivity contribution in [1.82, 2.24) is 4.57 Å². The number of aromatic nitrogens is 1. The Labute approximate surface area is 144 Å². The van der Waals surface area contributed by atoms with Gasteiger partial charge in [0.25, 0.3) is 0 Å². The first-order valence-corrected chi connectivity index (χ1v) is 8.11. The van der Waals surface area contributed by atoms with E-state index in [0.29, 0.717) is 6.54 Å². The van der Waals surface area contributed by atoms with Gasteiger partial charge >= 0.3 is 5.97 Å². The van der Waals surface area contributed by atoms with Gasteiger partial charge in [-0.25, -0.2) is 0 Å². The van der Waals surface area contributed by atoms with Crippen molar-refractivity contribution in [1.29, 1.82) is 0 Å². The number of phenolic OH excluding ortho intramolecular Hbond substituents is 1. The van der Waals surface area contributed by atoms with E-state index in [-0.39, 0.29) is 12.2 Å². The second-order valence-electron chi connectivity index (χ2n) is 6.19. The summed E-state index contributed by atoms with van der Waals surface area (Å²) in [5.41, 5.74) is 3.99. The fraction of sp³-hybridized carbons (Fsp3) is 0.0952. The minimum absolute atomic E-state index is 0.0106. The number of carbonyl (C=O) groups is 1. The largest absolute Gasteiger partial charge is 0.508 e. The summed E-state index contributed by atoms with van der Waals surface area (Å²) in [5, 5.41) is 20.8. The summed E-state index contributed by atoms with van der Waals surface area (Å²) in [6.07, 6.45) is 0.0106. The average molecular weight is 331 g/mol. The molecule has 0 amide bonds. The van der Waals surface area contributed by atoms with E-state index < -0.39 is 5.97 Å². The Morgan fingerprint density at radius 2 is 1.52 bits per heavy atom. The Morgan fingerprint density at radius 1 is 0.840 bits per heavy atom. The molecule has 25 heavy (non-hydrogen) atoms. The van der Waals surface area contributed by atoms with Crippen molar-refractivity contribution < 1.29 is 15.0 Å². The Bertz CT molecular complexity index is 1080. The highest BCUT2D eigenvalue weighted by molar-refractivity contribution is 6.08. The standard InChI is InChI=1S/C21H17NO3/c23-16-8-5-14(6-9-16)13-22-19-4-2-1-3-17(19)18-10-7-15(11-20(18)22)12-21(24)25/h1-11,23H,12-13H2,(H,24,25). The molecule has 4 rings (SSSR count). The van der Waals surface area contributed by atoms with Crippen LogP contribution in [0, 0.1) is 0 Å². The van der Waals surface area contributed by atoms with Gasteiger partial charge < -0.3 is 14.8 Å². The maximum Gasteiger partial charge on any atom is 0.307 e. The first kappa shape index (κ1) is 15.3. The number of para-hydroxylation sites is 1. The highest BCUT2D eigenvalue weighted by Gasteiger charge is 2.12. The molecule has 0 aliphatic rings. The number of nitrogens with zero attached hydrogens (tertiary/aromatic N) is 1. The van der Waals surface area contributed by atoms with Gasteiger partial charge in [-0.2, -0.15) is 0 Å². The molecule has 0 fully saturated rings. The number of benzene rings is 3. The molecule has 4 nitrogen and oxygen atoms in total. The van der Waals surface area contributed by atoms with Crippen LogP contribution >= 0.6 is 0 Å². The van der Waals surface area contributed by atoms with Crippen molar-refractivity contribution in [2.24, 2.45) is 0 Å². The number of rotatable bonds is 4. The van der Waals surface area contributed by atoms with E-state index >= 15 is 0 Å². The van der Waals surface area contributed by atoms with Crippen LogP contribution in [0.25, 0.3) is 21.8 Å². The molecule has 0 radical (unpaired) electrons. The van der Waals surface area contributed by atoms with Crippen LogP contribution in [-0.2, 0) is 17.8 Å². The van der Waals surface area contributed by atoms with Crippen LogP contribution in [0.5, 0.6) is 5.75 Å². The van der Waals surface area contributed by atoms with E-state index in [1.165, 1.54) is 0 Å². The van der Waals surface area contributed by atoms with Gasteiger partial charge in [-0.3, -0.25) is 4.79 Å². The molecule has 4 heteroatoms. The molecule has 2 N–H and O–H groups in total. The SMILES string of the molecule is O=C(O)Cc1ccc2c3ccccc3n(Cc3ccc(O)cc3)c2c1. The molecule has 0 bridgehead atoms. The van der Waals surface area contributed by atoms with Gasteiger partial charge in [0.15, 0.2) is 0 Å². The highest BCUT2D eigenvalue weighted by Crippen LogP contribution is 2.30. The molecule has 4 aromatic rings. The lowest BCUT2D eigenvalue weighted by Gasteiger charge is -2.09. The zero-order valence-corrected chi connectivity index (χ0v) is 13.5. The zero-order chi connectivity index (χ0) is 17.4. The average Bonchev–Trinajstić information content (AvgIpc) is 2.90. The van der Waals surface area contributed by atoms with Crippen molar-refractivity contribution in [3.05, 3.63) is 77.9 Å². The Morgan fingerprint density at radius 3 is 2.28 bits per heavy atom. The molecule has 0 aliphatic heterocycles. The molecule has 124 valence electrons. The van der Waals surface area contributed by atoms with Crippen LogP contribution in [0.4, 0.5) is 0 Å². The lowest BCUT2D eigenvalue weighted by Crippen LogP contribution is -2.02. The van der Waals surface area contributed by atoms with Gasteiger partial charge in [-0.05, 0) is 35.4 Å². The lowest BCUT2D eigenvalue weighted by molar-refractivity contribution is -0.136. The lowest BCUT2D eigenvalue weighted by atomic mass is 10.1. The molecule has 0 aliphatic carbocycles. The van der Waals surface area contributed by atoms with Crippen molar-refractivity contribution in [2.75, 3.05) is 0 Å². The molecule has 1 heterocycles. The predicted molar refractivity (Wildman–Crippen MR) is 98.0 cm³/mol. The number of carboxylic acid groups (broad SMARTS) is 1. The van der Waals surface area contributed by atoms with Crippen LogP contribution in [0.15, 0.2) is 66.7 Å². The van der Waals surface area contributed by atoms with Crippen LogP contribution in [0.2, 0.25) is 0 Å². The molecule has 0 atom stereocenters. The van der Waals surface area contributed by atoms with Crippen molar-refractivity contribution in [3.63, 3.8) is 0 Å². The fourth-order valence-electron chi connectivity index (χ4n) is 3.33. The maximum atomic E-state index is 11.1. The van der Waals surface area contributed by atoms with E-state index in [1.807, 2.05) is 42.5 Å². The summed E-state index contributed by atoms with van der Waals surface area (Å²) in [4.78, 5) is 11.1. The van der Waals surface area contributed by atoms with E-state index in [4.69, 9.17) is 5.11 Å². The second-order valence-corrected chi connectivity index (χ2v) is 6.19. The van der Waals surface area contributed by atoms with Gasteiger partial charge in [0.2, 0.25) is 0 Å². The number of phenols is 1. The number of fused-ring (bicyclic) bond motifs is 3. The summed E-state index contributed by atoms with van der Waals surface area (Å²) >= 11 is 0. The van der Waals surface area contributed by atoms with Gasteiger partial charge in [-0.15, -0.1) is 0 Å². The number of hydrogen-bond acceptors (Lipinski definition) is 2. The second kappa shape index (κ2) is 5.98. The van der Waals surface area contributed by atoms with Gasteiger partial charge in [0, 0.05) is 28.4 Å². The van der Waals surface area contributed by atoms with E-state index in [9.17, 15) is 9.90 Å². The van der Waals surface area contributed by atoms with Gasteiger partial charge in [0.05, 0.1) is 6.42 Å². The normalized spacial score (nSPS) is 11.2.